The lowest BCUT2D eigenvalue weighted by atomic mass is 9.86. The van der Waals surface area contributed by atoms with E-state index in [0.717, 1.165) is 5.56 Å². The maximum atomic E-state index is 12.9. The van der Waals surface area contributed by atoms with Gasteiger partial charge in [0.05, 0.1) is 23.9 Å². The van der Waals surface area contributed by atoms with Crippen molar-refractivity contribution in [3.05, 3.63) is 42.2 Å². The highest BCUT2D eigenvalue weighted by Gasteiger charge is 2.44. The summed E-state index contributed by atoms with van der Waals surface area (Å²) in [6, 6.07) is 9.02. The predicted molar refractivity (Wildman–Crippen MR) is 96.9 cm³/mol. The second-order valence-electron chi connectivity index (χ2n) is 6.70. The van der Waals surface area contributed by atoms with Gasteiger partial charge < -0.3 is 9.73 Å². The predicted octanol–water partition coefficient (Wildman–Crippen LogP) is 3.55. The van der Waals surface area contributed by atoms with Gasteiger partial charge >= 0.3 is 0 Å². The summed E-state index contributed by atoms with van der Waals surface area (Å²) in [5, 5.41) is 3.93. The minimum absolute atomic E-state index is 0.0986. The molecule has 1 aliphatic rings. The number of nitrogens with one attached hydrogen (secondary N) is 2. The van der Waals surface area contributed by atoms with Crippen LogP contribution in [0.25, 0.3) is 11.1 Å². The van der Waals surface area contributed by atoms with Crippen LogP contribution in [-0.4, -0.2) is 28.8 Å². The standard InChI is InChI=1S/C18H17F2N5O2/c1-18(2)10-5-3-4-6-12(10)25(16(18)26)24-17-22-11-7-8-27-14(11)15(23-17)21-9-13(19)20/h3-8,13H,9H2,1-2H3,(H2,21,22,23,24). The molecule has 0 saturated heterocycles. The zero-order valence-electron chi connectivity index (χ0n) is 14.7. The van der Waals surface area contributed by atoms with E-state index in [1.807, 2.05) is 38.1 Å². The zero-order chi connectivity index (χ0) is 19.2. The van der Waals surface area contributed by atoms with Crippen molar-refractivity contribution in [2.24, 2.45) is 0 Å². The van der Waals surface area contributed by atoms with Gasteiger partial charge in [-0.25, -0.2) is 18.8 Å². The van der Waals surface area contributed by atoms with Crippen LogP contribution in [0.4, 0.5) is 26.2 Å². The van der Waals surface area contributed by atoms with Crippen molar-refractivity contribution in [2.75, 3.05) is 22.3 Å². The van der Waals surface area contributed by atoms with Crippen molar-refractivity contribution in [1.29, 1.82) is 0 Å². The largest absolute Gasteiger partial charge is 0.459 e. The third-order valence-electron chi connectivity index (χ3n) is 4.50. The van der Waals surface area contributed by atoms with E-state index in [-0.39, 0.29) is 23.3 Å². The molecule has 0 spiro atoms. The fourth-order valence-corrected chi connectivity index (χ4v) is 3.12. The lowest BCUT2D eigenvalue weighted by molar-refractivity contribution is -0.121. The first-order chi connectivity index (χ1) is 12.9. The second kappa shape index (κ2) is 6.19. The summed E-state index contributed by atoms with van der Waals surface area (Å²) in [6.45, 7) is 3.10. The molecular formula is C18H17F2N5O2. The summed E-state index contributed by atoms with van der Waals surface area (Å²) >= 11 is 0. The van der Waals surface area contributed by atoms with Crippen LogP contribution >= 0.6 is 0 Å². The second-order valence-corrected chi connectivity index (χ2v) is 6.70. The third kappa shape index (κ3) is 2.84. The number of benzene rings is 1. The van der Waals surface area contributed by atoms with Gasteiger partial charge in [0, 0.05) is 6.07 Å². The molecule has 7 nitrogen and oxygen atoms in total. The molecule has 0 radical (unpaired) electrons. The van der Waals surface area contributed by atoms with Crippen molar-refractivity contribution in [3.8, 4) is 0 Å². The molecule has 1 amide bonds. The molecule has 0 saturated carbocycles. The summed E-state index contributed by atoms with van der Waals surface area (Å²) in [7, 11) is 0. The van der Waals surface area contributed by atoms with Crippen LogP contribution in [0.3, 0.4) is 0 Å². The van der Waals surface area contributed by atoms with E-state index in [4.69, 9.17) is 4.42 Å². The number of rotatable bonds is 5. The summed E-state index contributed by atoms with van der Waals surface area (Å²) < 4.78 is 30.4. The molecule has 0 bridgehead atoms. The SMILES string of the molecule is CC1(C)C(=O)N(Nc2nc(NCC(F)F)c3occc3n2)c2ccccc21. The Morgan fingerprint density at radius 1 is 1.22 bits per heavy atom. The lowest BCUT2D eigenvalue weighted by Gasteiger charge is -2.21. The molecule has 3 aromatic rings. The molecule has 1 aromatic carbocycles. The highest BCUT2D eigenvalue weighted by Crippen LogP contribution is 2.41. The van der Waals surface area contributed by atoms with E-state index in [0.29, 0.717) is 11.2 Å². The Labute approximate surface area is 153 Å². The van der Waals surface area contributed by atoms with Crippen LogP contribution in [0.15, 0.2) is 41.0 Å². The maximum absolute atomic E-state index is 12.9. The van der Waals surface area contributed by atoms with E-state index >= 15 is 0 Å². The molecule has 27 heavy (non-hydrogen) atoms. The number of nitrogens with zero attached hydrogens (tertiary/aromatic N) is 3. The zero-order valence-corrected chi connectivity index (χ0v) is 14.7. The number of hydrazine groups is 1. The number of fused-ring (bicyclic) bond motifs is 2. The fourth-order valence-electron chi connectivity index (χ4n) is 3.12. The number of aromatic nitrogens is 2. The van der Waals surface area contributed by atoms with Gasteiger partial charge in [0.25, 0.3) is 12.3 Å². The van der Waals surface area contributed by atoms with E-state index < -0.39 is 18.4 Å². The molecule has 0 fully saturated rings. The van der Waals surface area contributed by atoms with Crippen LogP contribution in [0.2, 0.25) is 0 Å². The Morgan fingerprint density at radius 3 is 2.78 bits per heavy atom. The van der Waals surface area contributed by atoms with Crippen LogP contribution in [0, 0.1) is 0 Å². The highest BCUT2D eigenvalue weighted by atomic mass is 19.3. The van der Waals surface area contributed by atoms with E-state index in [1.165, 1.54) is 11.3 Å². The quantitative estimate of drug-likeness (QED) is 0.712. The Bertz CT molecular complexity index is 1020. The molecule has 2 aromatic heterocycles. The number of hydrogen-bond donors (Lipinski definition) is 2. The highest BCUT2D eigenvalue weighted by molar-refractivity contribution is 6.08. The molecule has 4 rings (SSSR count). The van der Waals surface area contributed by atoms with Gasteiger partial charge in [-0.3, -0.25) is 10.2 Å². The van der Waals surface area contributed by atoms with Gasteiger partial charge in [-0.1, -0.05) is 18.2 Å². The first-order valence-corrected chi connectivity index (χ1v) is 8.36. The Morgan fingerprint density at radius 2 is 2.00 bits per heavy atom. The van der Waals surface area contributed by atoms with Gasteiger partial charge in [-0.15, -0.1) is 0 Å². The molecule has 140 valence electrons. The molecule has 0 unspecified atom stereocenters. The maximum Gasteiger partial charge on any atom is 0.255 e. The van der Waals surface area contributed by atoms with Gasteiger partial charge in [-0.05, 0) is 25.5 Å². The molecule has 0 aliphatic carbocycles. The van der Waals surface area contributed by atoms with E-state index in [9.17, 15) is 13.6 Å². The Balaban J connectivity index is 1.71. The van der Waals surface area contributed by atoms with Crippen molar-refractivity contribution in [1.82, 2.24) is 9.97 Å². The number of amides is 1. The molecule has 3 heterocycles. The average Bonchev–Trinajstić information content (AvgIpc) is 3.18. The summed E-state index contributed by atoms with van der Waals surface area (Å²) in [4.78, 5) is 21.4. The molecule has 9 heteroatoms. The number of anilines is 3. The van der Waals surface area contributed by atoms with Crippen LogP contribution < -0.4 is 15.8 Å². The number of para-hydroxylation sites is 1. The van der Waals surface area contributed by atoms with Gasteiger partial charge in [-0.2, -0.15) is 4.98 Å². The van der Waals surface area contributed by atoms with Crippen molar-refractivity contribution >= 4 is 34.5 Å². The summed E-state index contributed by atoms with van der Waals surface area (Å²) in [5.41, 5.74) is 4.48. The first kappa shape index (κ1) is 17.2. The Hall–Kier alpha value is -3.23. The number of alkyl halides is 2. The number of carbonyl (C=O) groups excluding carboxylic acids is 1. The van der Waals surface area contributed by atoms with Crippen LogP contribution in [-0.2, 0) is 10.2 Å². The third-order valence-corrected chi connectivity index (χ3v) is 4.50. The topological polar surface area (TPSA) is 83.3 Å². The molecule has 1 aliphatic heterocycles. The van der Waals surface area contributed by atoms with Crippen LogP contribution in [0.5, 0.6) is 0 Å². The minimum Gasteiger partial charge on any atom is -0.459 e. The molecular weight excluding hydrogens is 356 g/mol. The van der Waals surface area contributed by atoms with Gasteiger partial charge in [0.1, 0.15) is 5.52 Å². The molecule has 2 N–H and O–H groups in total. The monoisotopic (exact) mass is 373 g/mol. The number of furan rings is 1. The normalized spacial score (nSPS) is 15.4. The molecule has 0 atom stereocenters. The van der Waals surface area contributed by atoms with Gasteiger partial charge in [0.2, 0.25) is 5.95 Å². The number of hydrogen-bond acceptors (Lipinski definition) is 6. The first-order valence-electron chi connectivity index (χ1n) is 8.36. The fraction of sp³-hybridized carbons (Fsp3) is 0.278. The van der Waals surface area contributed by atoms with E-state index in [2.05, 4.69) is 20.7 Å². The van der Waals surface area contributed by atoms with Crippen molar-refractivity contribution in [2.45, 2.75) is 25.7 Å². The number of carbonyl (C=O) groups is 1. The van der Waals surface area contributed by atoms with Crippen molar-refractivity contribution in [3.63, 3.8) is 0 Å². The van der Waals surface area contributed by atoms with Gasteiger partial charge in [0.15, 0.2) is 11.4 Å². The summed E-state index contributed by atoms with van der Waals surface area (Å²) in [5.74, 6) is 0.0650. The summed E-state index contributed by atoms with van der Waals surface area (Å²) in [6.07, 6.45) is -1.15. The minimum atomic E-state index is -2.55. The smallest absolute Gasteiger partial charge is 0.255 e. The number of halogens is 2. The van der Waals surface area contributed by atoms with Crippen molar-refractivity contribution < 1.29 is 18.0 Å². The Kier molecular flexibility index (Phi) is 3.94. The van der Waals surface area contributed by atoms with E-state index in [1.54, 1.807) is 6.07 Å². The van der Waals surface area contributed by atoms with Crippen LogP contribution in [0.1, 0.15) is 19.4 Å². The lowest BCUT2D eigenvalue weighted by Crippen LogP contribution is -2.40. The average molecular weight is 373 g/mol.